The molecule has 4 heteroatoms. The molecule has 1 aromatic carbocycles. The molecule has 2 aromatic rings. The van der Waals surface area contributed by atoms with Crippen LogP contribution in [0.25, 0.3) is 11.1 Å². The van der Waals surface area contributed by atoms with Gasteiger partial charge in [0.15, 0.2) is 0 Å². The van der Waals surface area contributed by atoms with E-state index >= 15 is 0 Å². The molecule has 2 heterocycles. The van der Waals surface area contributed by atoms with Crippen LogP contribution in [0, 0.1) is 17.2 Å². The highest BCUT2D eigenvalue weighted by atomic mass is 15.2. The van der Waals surface area contributed by atoms with E-state index in [1.807, 2.05) is 25.5 Å². The van der Waals surface area contributed by atoms with Crippen LogP contribution in [0.15, 0.2) is 24.5 Å². The van der Waals surface area contributed by atoms with Crippen molar-refractivity contribution in [3.05, 3.63) is 35.7 Å². The molecule has 0 saturated carbocycles. The van der Waals surface area contributed by atoms with Crippen molar-refractivity contribution in [3.8, 4) is 17.2 Å². The van der Waals surface area contributed by atoms with Crippen LogP contribution >= 0.6 is 0 Å². The van der Waals surface area contributed by atoms with E-state index in [4.69, 9.17) is 0 Å². The maximum atomic E-state index is 9.43. The van der Waals surface area contributed by atoms with Crippen molar-refractivity contribution in [3.63, 3.8) is 0 Å². The highest BCUT2D eigenvalue weighted by Crippen LogP contribution is 2.35. The fourth-order valence-corrected chi connectivity index (χ4v) is 3.05. The van der Waals surface area contributed by atoms with Gasteiger partial charge in [-0.2, -0.15) is 10.4 Å². The number of anilines is 1. The molecule has 0 saturated heterocycles. The summed E-state index contributed by atoms with van der Waals surface area (Å²) in [6.45, 7) is 3.31. The van der Waals surface area contributed by atoms with Crippen molar-refractivity contribution in [2.24, 2.45) is 13.0 Å². The van der Waals surface area contributed by atoms with Crippen LogP contribution in [0.4, 0.5) is 5.69 Å². The Labute approximate surface area is 119 Å². The van der Waals surface area contributed by atoms with Crippen LogP contribution in [0.3, 0.4) is 0 Å². The number of hydrogen-bond donors (Lipinski definition) is 0. The molecule has 1 aliphatic heterocycles. The monoisotopic (exact) mass is 266 g/mol. The van der Waals surface area contributed by atoms with Gasteiger partial charge in [0.1, 0.15) is 0 Å². The van der Waals surface area contributed by atoms with E-state index in [-0.39, 0.29) is 0 Å². The highest BCUT2D eigenvalue weighted by molar-refractivity contribution is 5.75. The number of nitrogens with zero attached hydrogens (tertiary/aromatic N) is 4. The Balaban J connectivity index is 2.16. The number of aromatic nitrogens is 2. The van der Waals surface area contributed by atoms with E-state index in [0.717, 1.165) is 29.7 Å². The molecule has 102 valence electrons. The van der Waals surface area contributed by atoms with E-state index in [1.54, 1.807) is 4.68 Å². The zero-order chi connectivity index (χ0) is 14.3. The number of rotatable bonds is 1. The predicted octanol–water partition coefficient (Wildman–Crippen LogP) is 2.59. The second kappa shape index (κ2) is 4.68. The number of aryl methyl sites for hydroxylation is 1. The molecule has 20 heavy (non-hydrogen) atoms. The average Bonchev–Trinajstić information content (AvgIpc) is 2.84. The van der Waals surface area contributed by atoms with Crippen LogP contribution in [0.5, 0.6) is 0 Å². The zero-order valence-electron chi connectivity index (χ0n) is 12.1. The van der Waals surface area contributed by atoms with E-state index in [0.29, 0.717) is 5.92 Å². The van der Waals surface area contributed by atoms with Gasteiger partial charge in [-0.1, -0.05) is 6.92 Å². The molecular weight excluding hydrogens is 248 g/mol. The first-order chi connectivity index (χ1) is 9.58. The topological polar surface area (TPSA) is 44.9 Å². The lowest BCUT2D eigenvalue weighted by molar-refractivity contribution is 0.552. The first kappa shape index (κ1) is 12.7. The lowest BCUT2D eigenvalue weighted by atomic mass is 9.90. The van der Waals surface area contributed by atoms with Gasteiger partial charge in [-0.05, 0) is 30.0 Å². The quantitative estimate of drug-likeness (QED) is 0.797. The fourth-order valence-electron chi connectivity index (χ4n) is 3.05. The van der Waals surface area contributed by atoms with Crippen molar-refractivity contribution < 1.29 is 0 Å². The Morgan fingerprint density at radius 3 is 2.80 bits per heavy atom. The van der Waals surface area contributed by atoms with Crippen molar-refractivity contribution in [1.29, 1.82) is 5.26 Å². The summed E-state index contributed by atoms with van der Waals surface area (Å²) < 4.78 is 1.77. The summed E-state index contributed by atoms with van der Waals surface area (Å²) in [5.74, 6) is 0.641. The van der Waals surface area contributed by atoms with Crippen molar-refractivity contribution >= 4 is 5.69 Å². The molecule has 0 aliphatic carbocycles. The van der Waals surface area contributed by atoms with Crippen LogP contribution in [-0.4, -0.2) is 23.4 Å². The molecule has 0 spiro atoms. The summed E-state index contributed by atoms with van der Waals surface area (Å²) in [6.07, 6.45) is 4.84. The van der Waals surface area contributed by atoms with Gasteiger partial charge in [0.2, 0.25) is 0 Å². The number of nitriles is 1. The molecule has 4 nitrogen and oxygen atoms in total. The Kier molecular flexibility index (Phi) is 2.98. The van der Waals surface area contributed by atoms with Gasteiger partial charge < -0.3 is 4.90 Å². The molecule has 1 aliphatic rings. The summed E-state index contributed by atoms with van der Waals surface area (Å²) in [5.41, 5.74) is 5.23. The molecule has 0 fully saturated rings. The molecule has 0 amide bonds. The first-order valence-electron chi connectivity index (χ1n) is 6.85. The van der Waals surface area contributed by atoms with Crippen LogP contribution in [-0.2, 0) is 13.5 Å². The third kappa shape index (κ3) is 2.05. The largest absolute Gasteiger partial charge is 0.374 e. The predicted molar refractivity (Wildman–Crippen MR) is 79.5 cm³/mol. The zero-order valence-corrected chi connectivity index (χ0v) is 12.1. The normalized spacial score (nSPS) is 17.7. The molecule has 1 aromatic heterocycles. The lowest BCUT2D eigenvalue weighted by Gasteiger charge is -2.32. The summed E-state index contributed by atoms with van der Waals surface area (Å²) in [6, 6.07) is 6.50. The third-order valence-electron chi connectivity index (χ3n) is 3.92. The fraction of sp³-hybridized carbons (Fsp3) is 0.375. The second-order valence-corrected chi connectivity index (χ2v) is 5.73. The van der Waals surface area contributed by atoms with Crippen molar-refractivity contribution in [2.75, 3.05) is 18.5 Å². The minimum absolute atomic E-state index is 0.641. The van der Waals surface area contributed by atoms with E-state index in [9.17, 15) is 5.26 Å². The summed E-state index contributed by atoms with van der Waals surface area (Å²) in [5, 5.41) is 13.6. The summed E-state index contributed by atoms with van der Waals surface area (Å²) in [7, 11) is 3.99. The molecule has 3 rings (SSSR count). The molecule has 1 atom stereocenters. The van der Waals surface area contributed by atoms with Gasteiger partial charge in [-0.15, -0.1) is 0 Å². The van der Waals surface area contributed by atoms with Gasteiger partial charge in [0, 0.05) is 43.7 Å². The van der Waals surface area contributed by atoms with Gasteiger partial charge in [-0.3, -0.25) is 4.68 Å². The summed E-state index contributed by atoms with van der Waals surface area (Å²) in [4.78, 5) is 2.25. The maximum Gasteiger partial charge on any atom is 0.0998 e. The summed E-state index contributed by atoms with van der Waals surface area (Å²) >= 11 is 0. The molecule has 0 radical (unpaired) electrons. The number of benzene rings is 1. The van der Waals surface area contributed by atoms with E-state index in [1.165, 1.54) is 11.3 Å². The van der Waals surface area contributed by atoms with Gasteiger partial charge in [0.05, 0.1) is 17.8 Å². The van der Waals surface area contributed by atoms with Gasteiger partial charge in [-0.25, -0.2) is 0 Å². The Hall–Kier alpha value is -2.28. The number of hydrogen-bond acceptors (Lipinski definition) is 3. The highest BCUT2D eigenvalue weighted by Gasteiger charge is 2.21. The Morgan fingerprint density at radius 1 is 1.35 bits per heavy atom. The third-order valence-corrected chi connectivity index (χ3v) is 3.92. The van der Waals surface area contributed by atoms with E-state index < -0.39 is 0 Å². The minimum Gasteiger partial charge on any atom is -0.374 e. The Bertz CT molecular complexity index is 693. The standard InChI is InChI=1S/C16H18N4/c1-11-4-12-5-15(14-8-18-20(3)10-14)13(7-17)6-16(12)19(2)9-11/h5-6,8,10-11H,4,9H2,1-3H3/t11-/m1/s1. The Morgan fingerprint density at radius 2 is 2.15 bits per heavy atom. The SMILES string of the molecule is C[C@@H]1Cc2cc(-c3cnn(C)c3)c(C#N)cc2N(C)C1. The smallest absolute Gasteiger partial charge is 0.0998 e. The number of fused-ring (bicyclic) bond motifs is 1. The second-order valence-electron chi connectivity index (χ2n) is 5.73. The van der Waals surface area contributed by atoms with Crippen LogP contribution in [0.2, 0.25) is 0 Å². The van der Waals surface area contributed by atoms with Gasteiger partial charge >= 0.3 is 0 Å². The van der Waals surface area contributed by atoms with Crippen LogP contribution < -0.4 is 4.90 Å². The van der Waals surface area contributed by atoms with Crippen LogP contribution in [0.1, 0.15) is 18.1 Å². The van der Waals surface area contributed by atoms with Crippen molar-refractivity contribution in [1.82, 2.24) is 9.78 Å². The van der Waals surface area contributed by atoms with E-state index in [2.05, 4.69) is 36.1 Å². The minimum atomic E-state index is 0.641. The molecule has 0 N–H and O–H groups in total. The molecule has 0 unspecified atom stereocenters. The molecular formula is C16H18N4. The molecule has 0 bridgehead atoms. The van der Waals surface area contributed by atoms with Crippen molar-refractivity contribution in [2.45, 2.75) is 13.3 Å². The van der Waals surface area contributed by atoms with Gasteiger partial charge in [0.25, 0.3) is 0 Å². The first-order valence-corrected chi connectivity index (χ1v) is 6.85. The maximum absolute atomic E-state index is 9.43. The lowest BCUT2D eigenvalue weighted by Crippen LogP contribution is -2.30. The average molecular weight is 266 g/mol.